The molecule has 0 radical (unpaired) electrons. The van der Waals surface area contributed by atoms with Crippen LogP contribution in [0.25, 0.3) is 15.9 Å². The van der Waals surface area contributed by atoms with Gasteiger partial charge in [0.15, 0.2) is 0 Å². The molecule has 0 saturated heterocycles. The first-order chi connectivity index (χ1) is 14.0. The van der Waals surface area contributed by atoms with E-state index in [-0.39, 0.29) is 16.2 Å². The van der Waals surface area contributed by atoms with E-state index in [0.29, 0.717) is 27.3 Å². The molecule has 0 fully saturated rings. The molecule has 146 valence electrons. The molecule has 29 heavy (non-hydrogen) atoms. The fraction of sp³-hybridized carbons (Fsp3) is 0.0476. The molecule has 2 heterocycles. The largest absolute Gasteiger partial charge is 0.506 e. The fourth-order valence-corrected chi connectivity index (χ4v) is 4.17. The van der Waals surface area contributed by atoms with Crippen LogP contribution in [0.5, 0.6) is 5.75 Å². The zero-order valence-electron chi connectivity index (χ0n) is 15.3. The lowest BCUT2D eigenvalue weighted by Crippen LogP contribution is -2.16. The summed E-state index contributed by atoms with van der Waals surface area (Å²) in [5, 5.41) is 20.3. The number of hydrogen-bond acceptors (Lipinski definition) is 6. The Balaban J connectivity index is 1.85. The smallest absolute Gasteiger partial charge is 0.348 e. The Kier molecular flexibility index (Phi) is 4.69. The molecule has 4 N–H and O–H groups in total. The molecule has 0 amide bonds. The SMILES string of the molecule is Cc1ccc(O)c(NNc2c(C(=O)O)sc3c2ccc(=O)n3-c2ccccc2)c1. The van der Waals surface area contributed by atoms with E-state index in [4.69, 9.17) is 0 Å². The van der Waals surface area contributed by atoms with Gasteiger partial charge in [-0.3, -0.25) is 20.2 Å². The number of hydrazine groups is 1. The number of carboxylic acids is 1. The number of phenols is 1. The summed E-state index contributed by atoms with van der Waals surface area (Å²) >= 11 is 1.01. The lowest BCUT2D eigenvalue weighted by atomic mass is 10.2. The molecular weight excluding hydrogens is 390 g/mol. The summed E-state index contributed by atoms with van der Waals surface area (Å²) in [6.45, 7) is 1.88. The fourth-order valence-electron chi connectivity index (χ4n) is 3.06. The normalized spacial score (nSPS) is 10.8. The molecule has 7 nitrogen and oxygen atoms in total. The standard InChI is InChI=1S/C21H17N3O4S/c1-12-7-9-16(25)15(11-12)22-23-18-14-8-10-17(26)24(13-5-3-2-4-6-13)20(14)29-19(18)21(27)28/h2-11,22-23,25H,1H3,(H,27,28). The number of carboxylic acid groups (broad SMARTS) is 1. The van der Waals surface area contributed by atoms with Crippen LogP contribution in [0.1, 0.15) is 15.2 Å². The summed E-state index contributed by atoms with van der Waals surface area (Å²) in [7, 11) is 0. The van der Waals surface area contributed by atoms with Crippen LogP contribution in [-0.4, -0.2) is 20.7 Å². The van der Waals surface area contributed by atoms with Gasteiger partial charge in [0.05, 0.1) is 17.1 Å². The second-order valence-electron chi connectivity index (χ2n) is 6.44. The van der Waals surface area contributed by atoms with Crippen molar-refractivity contribution < 1.29 is 15.0 Å². The summed E-state index contributed by atoms with van der Waals surface area (Å²) in [4.78, 5) is 25.0. The van der Waals surface area contributed by atoms with E-state index in [9.17, 15) is 19.8 Å². The highest BCUT2D eigenvalue weighted by molar-refractivity contribution is 7.21. The van der Waals surface area contributed by atoms with Gasteiger partial charge >= 0.3 is 5.97 Å². The Morgan fingerprint density at radius 2 is 1.79 bits per heavy atom. The second kappa shape index (κ2) is 7.33. The van der Waals surface area contributed by atoms with E-state index in [2.05, 4.69) is 10.9 Å². The molecule has 0 aliphatic carbocycles. The van der Waals surface area contributed by atoms with Gasteiger partial charge in [0.25, 0.3) is 5.56 Å². The minimum absolute atomic E-state index is 0.0284. The molecule has 0 atom stereocenters. The highest BCUT2D eigenvalue weighted by Crippen LogP contribution is 2.36. The van der Waals surface area contributed by atoms with E-state index < -0.39 is 5.97 Å². The molecular formula is C21H17N3O4S. The average molecular weight is 407 g/mol. The topological polar surface area (TPSA) is 104 Å². The molecule has 4 aromatic rings. The van der Waals surface area contributed by atoms with E-state index >= 15 is 0 Å². The summed E-state index contributed by atoms with van der Waals surface area (Å²) in [6, 6.07) is 17.1. The predicted molar refractivity (Wildman–Crippen MR) is 114 cm³/mol. The van der Waals surface area contributed by atoms with Crippen molar-refractivity contribution in [2.75, 3.05) is 10.9 Å². The molecule has 8 heteroatoms. The number of benzene rings is 2. The first-order valence-electron chi connectivity index (χ1n) is 8.74. The Bertz CT molecular complexity index is 1280. The molecule has 0 bridgehead atoms. The minimum atomic E-state index is -1.11. The van der Waals surface area contributed by atoms with Crippen molar-refractivity contribution >= 4 is 38.9 Å². The van der Waals surface area contributed by atoms with Gasteiger partial charge in [-0.05, 0) is 42.8 Å². The highest BCUT2D eigenvalue weighted by atomic mass is 32.1. The van der Waals surface area contributed by atoms with E-state index in [1.54, 1.807) is 36.4 Å². The van der Waals surface area contributed by atoms with Crippen LogP contribution in [0.15, 0.2) is 65.5 Å². The van der Waals surface area contributed by atoms with Crippen molar-refractivity contribution in [3.05, 3.63) is 81.5 Å². The molecule has 2 aromatic heterocycles. The number of para-hydroxylation sites is 1. The quantitative estimate of drug-likeness (QED) is 0.292. The number of nitrogens with one attached hydrogen (secondary N) is 2. The zero-order valence-corrected chi connectivity index (χ0v) is 16.2. The number of aromatic nitrogens is 1. The number of hydrogen-bond donors (Lipinski definition) is 4. The third kappa shape index (κ3) is 3.41. The van der Waals surface area contributed by atoms with Gasteiger partial charge in [-0.25, -0.2) is 4.79 Å². The summed E-state index contributed by atoms with van der Waals surface area (Å²) in [6.07, 6.45) is 0. The molecule has 2 aromatic carbocycles. The molecule has 0 unspecified atom stereocenters. The van der Waals surface area contributed by atoms with Gasteiger partial charge in [0.1, 0.15) is 15.5 Å². The molecule has 0 spiro atoms. The maximum Gasteiger partial charge on any atom is 0.348 e. The average Bonchev–Trinajstić information content (AvgIpc) is 3.08. The number of anilines is 2. The zero-order chi connectivity index (χ0) is 20.5. The molecule has 0 saturated carbocycles. The van der Waals surface area contributed by atoms with Crippen molar-refractivity contribution in [3.8, 4) is 11.4 Å². The Hall–Kier alpha value is -3.78. The van der Waals surface area contributed by atoms with Crippen molar-refractivity contribution in [3.63, 3.8) is 0 Å². The lowest BCUT2D eigenvalue weighted by molar-refractivity contribution is 0.0703. The number of aryl methyl sites for hydroxylation is 1. The van der Waals surface area contributed by atoms with Gasteiger partial charge in [-0.1, -0.05) is 24.3 Å². The van der Waals surface area contributed by atoms with E-state index in [1.807, 2.05) is 25.1 Å². The van der Waals surface area contributed by atoms with Crippen LogP contribution >= 0.6 is 11.3 Å². The van der Waals surface area contributed by atoms with Crippen molar-refractivity contribution in [2.24, 2.45) is 0 Å². The van der Waals surface area contributed by atoms with Crippen molar-refractivity contribution in [2.45, 2.75) is 6.92 Å². The Labute approximate surface area is 169 Å². The first-order valence-corrected chi connectivity index (χ1v) is 9.56. The number of rotatable bonds is 5. The van der Waals surface area contributed by atoms with Crippen LogP contribution in [0.3, 0.4) is 0 Å². The summed E-state index contributed by atoms with van der Waals surface area (Å²) in [5.41, 5.74) is 7.84. The molecule has 0 aliphatic rings. The van der Waals surface area contributed by atoms with E-state index in [0.717, 1.165) is 16.9 Å². The predicted octanol–water partition coefficient (Wildman–Crippen LogP) is 4.20. The first kappa shape index (κ1) is 18.6. The molecule has 4 rings (SSSR count). The van der Waals surface area contributed by atoms with Crippen LogP contribution in [-0.2, 0) is 0 Å². The van der Waals surface area contributed by atoms with Crippen molar-refractivity contribution in [1.29, 1.82) is 0 Å². The van der Waals surface area contributed by atoms with Gasteiger partial charge in [0.2, 0.25) is 0 Å². The second-order valence-corrected chi connectivity index (χ2v) is 7.44. The van der Waals surface area contributed by atoms with Crippen LogP contribution < -0.4 is 16.4 Å². The van der Waals surface area contributed by atoms with Gasteiger partial charge in [0, 0.05) is 11.5 Å². The summed E-state index contributed by atoms with van der Waals surface area (Å²) < 4.78 is 1.49. The number of carbonyl (C=O) groups is 1. The third-order valence-electron chi connectivity index (χ3n) is 4.42. The minimum Gasteiger partial charge on any atom is -0.506 e. The number of pyridine rings is 1. The number of thiophene rings is 1. The Morgan fingerprint density at radius 3 is 2.52 bits per heavy atom. The van der Waals surface area contributed by atoms with Gasteiger partial charge in [-0.15, -0.1) is 11.3 Å². The lowest BCUT2D eigenvalue weighted by Gasteiger charge is -2.12. The number of aromatic carboxylic acids is 1. The number of fused-ring (bicyclic) bond motifs is 1. The number of phenolic OH excluding ortho intramolecular Hbond substituents is 1. The van der Waals surface area contributed by atoms with E-state index in [1.165, 1.54) is 10.6 Å². The Morgan fingerprint density at radius 1 is 1.03 bits per heavy atom. The highest BCUT2D eigenvalue weighted by Gasteiger charge is 2.21. The van der Waals surface area contributed by atoms with Crippen LogP contribution in [0, 0.1) is 6.92 Å². The molecule has 0 aliphatic heterocycles. The van der Waals surface area contributed by atoms with Gasteiger partial charge < -0.3 is 10.2 Å². The monoisotopic (exact) mass is 407 g/mol. The maximum absolute atomic E-state index is 12.5. The van der Waals surface area contributed by atoms with Gasteiger partial charge in [-0.2, -0.15) is 0 Å². The van der Waals surface area contributed by atoms with Crippen LogP contribution in [0.4, 0.5) is 11.4 Å². The summed E-state index contributed by atoms with van der Waals surface area (Å²) in [5.74, 6) is -1.09. The maximum atomic E-state index is 12.5. The third-order valence-corrected chi connectivity index (χ3v) is 5.60. The number of nitrogens with zero attached hydrogens (tertiary/aromatic N) is 1. The van der Waals surface area contributed by atoms with Crippen LogP contribution in [0.2, 0.25) is 0 Å². The number of aromatic hydroxyl groups is 1. The van der Waals surface area contributed by atoms with Crippen molar-refractivity contribution in [1.82, 2.24) is 4.57 Å².